The van der Waals surface area contributed by atoms with E-state index in [1.165, 1.54) is 13.2 Å². The van der Waals surface area contributed by atoms with Crippen LogP contribution in [0.3, 0.4) is 0 Å². The van der Waals surface area contributed by atoms with Crippen LogP contribution in [0.5, 0.6) is 5.75 Å². The second-order valence-corrected chi connectivity index (χ2v) is 4.93. The van der Waals surface area contributed by atoms with Gasteiger partial charge in [-0.15, -0.1) is 0 Å². The average molecular weight is 267 g/mol. The number of para-hydroxylation sites is 1. The Morgan fingerprint density at radius 2 is 1.95 bits per heavy atom. The topological polar surface area (TPSA) is 88.0 Å². The van der Waals surface area contributed by atoms with Crippen LogP contribution in [0.15, 0.2) is 18.2 Å². The average Bonchev–Trinajstić information content (AvgIpc) is 2.26. The first-order valence-corrected chi connectivity index (χ1v) is 5.77. The molecule has 19 heavy (non-hydrogen) atoms. The molecule has 1 aromatic rings. The van der Waals surface area contributed by atoms with Crippen molar-refractivity contribution < 1.29 is 24.3 Å². The van der Waals surface area contributed by atoms with E-state index in [4.69, 9.17) is 9.47 Å². The Morgan fingerprint density at radius 1 is 1.32 bits per heavy atom. The van der Waals surface area contributed by atoms with Gasteiger partial charge in [-0.05, 0) is 26.8 Å². The van der Waals surface area contributed by atoms with Crippen molar-refractivity contribution in [2.45, 2.75) is 26.4 Å². The minimum atomic E-state index is -1.72. The number of carbonyl (C=O) groups excluding carboxylic acids is 1. The summed E-state index contributed by atoms with van der Waals surface area (Å²) in [5, 5.41) is 21.0. The highest BCUT2D eigenvalue weighted by Gasteiger charge is 2.23. The van der Waals surface area contributed by atoms with Crippen molar-refractivity contribution >= 4 is 24.4 Å². The number of hydrogen-bond donors (Lipinski definition) is 3. The van der Waals surface area contributed by atoms with Crippen LogP contribution in [0.25, 0.3) is 0 Å². The largest absolute Gasteiger partial charge is 0.495 e. The molecule has 0 radical (unpaired) electrons. The first-order valence-electron chi connectivity index (χ1n) is 5.77. The molecule has 0 heterocycles. The SMILES string of the molecule is COc1cccc(B(O)O)c1NC(=O)OC(C)(C)C. The van der Waals surface area contributed by atoms with Gasteiger partial charge in [0.25, 0.3) is 0 Å². The molecule has 0 saturated carbocycles. The van der Waals surface area contributed by atoms with Gasteiger partial charge in [0.15, 0.2) is 0 Å². The number of methoxy groups -OCH3 is 1. The van der Waals surface area contributed by atoms with Crippen molar-refractivity contribution in [2.24, 2.45) is 0 Å². The molecule has 0 aliphatic carbocycles. The fraction of sp³-hybridized carbons (Fsp3) is 0.417. The quantitative estimate of drug-likeness (QED) is 0.702. The molecule has 0 aliphatic rings. The molecule has 1 rings (SSSR count). The molecule has 104 valence electrons. The zero-order chi connectivity index (χ0) is 14.6. The highest BCUT2D eigenvalue weighted by atomic mass is 16.6. The predicted octanol–water partition coefficient (Wildman–Crippen LogP) is 0.722. The molecule has 0 fully saturated rings. The molecule has 0 spiro atoms. The van der Waals surface area contributed by atoms with Gasteiger partial charge in [0.05, 0.1) is 12.8 Å². The highest BCUT2D eigenvalue weighted by molar-refractivity contribution is 6.61. The summed E-state index contributed by atoms with van der Waals surface area (Å²) < 4.78 is 10.2. The van der Waals surface area contributed by atoms with E-state index >= 15 is 0 Å². The normalized spacial score (nSPS) is 10.8. The Balaban J connectivity index is 3.01. The molecule has 0 saturated heterocycles. The summed E-state index contributed by atoms with van der Waals surface area (Å²) in [5.74, 6) is 0.316. The van der Waals surface area contributed by atoms with Gasteiger partial charge < -0.3 is 19.5 Å². The Morgan fingerprint density at radius 3 is 2.42 bits per heavy atom. The summed E-state index contributed by atoms with van der Waals surface area (Å²) in [6, 6.07) is 4.66. The summed E-state index contributed by atoms with van der Waals surface area (Å²) >= 11 is 0. The minimum Gasteiger partial charge on any atom is -0.495 e. The Labute approximate surface area is 112 Å². The van der Waals surface area contributed by atoms with Crippen LogP contribution in [0.1, 0.15) is 20.8 Å². The monoisotopic (exact) mass is 267 g/mol. The van der Waals surface area contributed by atoms with Crippen molar-refractivity contribution in [1.29, 1.82) is 0 Å². The van der Waals surface area contributed by atoms with Crippen molar-refractivity contribution in [3.63, 3.8) is 0 Å². The van der Waals surface area contributed by atoms with Crippen LogP contribution in [-0.4, -0.2) is 36.0 Å². The van der Waals surface area contributed by atoms with Crippen molar-refractivity contribution in [3.8, 4) is 5.75 Å². The second-order valence-electron chi connectivity index (χ2n) is 4.93. The fourth-order valence-corrected chi connectivity index (χ4v) is 1.47. The van der Waals surface area contributed by atoms with Crippen LogP contribution >= 0.6 is 0 Å². The lowest BCUT2D eigenvalue weighted by molar-refractivity contribution is 0.0635. The molecule has 6 nitrogen and oxygen atoms in total. The van der Waals surface area contributed by atoms with E-state index < -0.39 is 18.8 Å². The summed E-state index contributed by atoms with van der Waals surface area (Å²) in [6.07, 6.45) is -0.695. The second kappa shape index (κ2) is 5.94. The zero-order valence-corrected chi connectivity index (χ0v) is 11.4. The molecule has 0 unspecified atom stereocenters. The number of carbonyl (C=O) groups is 1. The van der Waals surface area contributed by atoms with Crippen LogP contribution in [0, 0.1) is 0 Å². The van der Waals surface area contributed by atoms with Gasteiger partial charge in [0.1, 0.15) is 11.4 Å². The van der Waals surface area contributed by atoms with Gasteiger partial charge in [-0.3, -0.25) is 5.32 Å². The third-order valence-corrected chi connectivity index (χ3v) is 2.18. The van der Waals surface area contributed by atoms with Crippen LogP contribution < -0.4 is 15.5 Å². The standard InChI is InChI=1S/C12H18BNO5/c1-12(2,3)19-11(15)14-10-8(13(16)17)6-5-7-9(10)18-4/h5-7,16-17H,1-4H3,(H,14,15). The van der Waals surface area contributed by atoms with E-state index in [1.807, 2.05) is 0 Å². The summed E-state index contributed by atoms with van der Waals surface area (Å²) in [7, 11) is -0.302. The van der Waals surface area contributed by atoms with E-state index in [0.717, 1.165) is 0 Å². The van der Waals surface area contributed by atoms with Crippen LogP contribution in [-0.2, 0) is 4.74 Å². The van der Waals surface area contributed by atoms with E-state index in [2.05, 4.69) is 5.32 Å². The summed E-state index contributed by atoms with van der Waals surface area (Å²) in [5.41, 5.74) is -0.344. The maximum absolute atomic E-state index is 11.7. The first-order chi connectivity index (χ1) is 8.74. The third-order valence-electron chi connectivity index (χ3n) is 2.18. The number of hydrogen-bond acceptors (Lipinski definition) is 5. The number of nitrogens with one attached hydrogen (secondary N) is 1. The number of anilines is 1. The summed E-state index contributed by atoms with van der Waals surface area (Å²) in [4.78, 5) is 11.7. The van der Waals surface area contributed by atoms with Crippen molar-refractivity contribution in [3.05, 3.63) is 18.2 Å². The van der Waals surface area contributed by atoms with Crippen molar-refractivity contribution in [2.75, 3.05) is 12.4 Å². The molecule has 3 N–H and O–H groups in total. The first kappa shape index (κ1) is 15.3. The van der Waals surface area contributed by atoms with E-state index in [-0.39, 0.29) is 11.2 Å². The van der Waals surface area contributed by atoms with E-state index in [1.54, 1.807) is 32.9 Å². The molecular formula is C12H18BNO5. The number of rotatable bonds is 3. The number of ether oxygens (including phenoxy) is 2. The van der Waals surface area contributed by atoms with Crippen LogP contribution in [0.4, 0.5) is 10.5 Å². The Kier molecular flexibility index (Phi) is 4.80. The molecular weight excluding hydrogens is 249 g/mol. The highest BCUT2D eigenvalue weighted by Crippen LogP contribution is 2.22. The summed E-state index contributed by atoms with van der Waals surface area (Å²) in [6.45, 7) is 5.20. The molecule has 0 aliphatic heterocycles. The molecule has 0 aromatic heterocycles. The van der Waals surface area contributed by atoms with Gasteiger partial charge in [-0.2, -0.15) is 0 Å². The minimum absolute atomic E-state index is 0.130. The van der Waals surface area contributed by atoms with Crippen LogP contribution in [0.2, 0.25) is 0 Å². The van der Waals surface area contributed by atoms with Crippen molar-refractivity contribution in [1.82, 2.24) is 0 Å². The third kappa shape index (κ3) is 4.46. The lowest BCUT2D eigenvalue weighted by atomic mass is 9.79. The molecule has 0 bridgehead atoms. The molecule has 1 aromatic carbocycles. The van der Waals surface area contributed by atoms with E-state index in [0.29, 0.717) is 5.75 Å². The molecule has 1 amide bonds. The maximum Gasteiger partial charge on any atom is 0.490 e. The predicted molar refractivity (Wildman–Crippen MR) is 72.7 cm³/mol. The lowest BCUT2D eigenvalue weighted by Gasteiger charge is -2.21. The number of benzene rings is 1. The van der Waals surface area contributed by atoms with Gasteiger partial charge in [0.2, 0.25) is 0 Å². The Bertz CT molecular complexity index is 456. The van der Waals surface area contributed by atoms with Gasteiger partial charge in [0, 0.05) is 5.46 Å². The molecule has 0 atom stereocenters. The lowest BCUT2D eigenvalue weighted by Crippen LogP contribution is -2.35. The molecule has 7 heteroatoms. The van der Waals surface area contributed by atoms with Gasteiger partial charge >= 0.3 is 13.2 Å². The smallest absolute Gasteiger partial charge is 0.490 e. The number of amides is 1. The van der Waals surface area contributed by atoms with E-state index in [9.17, 15) is 14.8 Å². The zero-order valence-electron chi connectivity index (χ0n) is 11.4. The van der Waals surface area contributed by atoms with Gasteiger partial charge in [-0.1, -0.05) is 12.1 Å². The fourth-order valence-electron chi connectivity index (χ4n) is 1.47. The Hall–Kier alpha value is -1.73. The maximum atomic E-state index is 11.7. The van der Waals surface area contributed by atoms with Gasteiger partial charge in [-0.25, -0.2) is 4.79 Å².